The summed E-state index contributed by atoms with van der Waals surface area (Å²) in [4.78, 5) is 26.9. The molecule has 7 nitrogen and oxygen atoms in total. The van der Waals surface area contributed by atoms with Crippen LogP contribution in [0.5, 0.6) is 5.75 Å². The van der Waals surface area contributed by atoms with Crippen LogP contribution in [0.25, 0.3) is 6.08 Å². The van der Waals surface area contributed by atoms with Gasteiger partial charge in [0, 0.05) is 17.7 Å². The first-order valence-electron chi connectivity index (χ1n) is 9.24. The number of aliphatic imine (C=N–C) groups is 1. The summed E-state index contributed by atoms with van der Waals surface area (Å²) in [5.74, 6) is 0.0915. The lowest BCUT2D eigenvalue weighted by Crippen LogP contribution is -2.05. The predicted molar refractivity (Wildman–Crippen MR) is 116 cm³/mol. The molecule has 0 amide bonds. The van der Waals surface area contributed by atoms with Crippen molar-refractivity contribution in [1.29, 1.82) is 0 Å². The number of hydrogen-bond acceptors (Lipinski definition) is 6. The Balaban J connectivity index is 1.55. The number of rotatable bonds is 6. The molecule has 0 saturated carbocycles. The van der Waals surface area contributed by atoms with E-state index in [0.717, 1.165) is 5.56 Å². The molecule has 31 heavy (non-hydrogen) atoms. The number of cyclic esters (lactones) is 1. The van der Waals surface area contributed by atoms with Crippen molar-refractivity contribution in [2.75, 3.05) is 0 Å². The first-order valence-corrected chi connectivity index (χ1v) is 9.62. The van der Waals surface area contributed by atoms with Crippen molar-refractivity contribution in [1.82, 2.24) is 0 Å². The highest BCUT2D eigenvalue weighted by Gasteiger charge is 2.25. The summed E-state index contributed by atoms with van der Waals surface area (Å²) < 4.78 is 11.1. The van der Waals surface area contributed by atoms with Crippen molar-refractivity contribution in [3.63, 3.8) is 0 Å². The summed E-state index contributed by atoms with van der Waals surface area (Å²) in [7, 11) is 0. The van der Waals surface area contributed by atoms with E-state index in [1.165, 1.54) is 12.1 Å². The number of benzene rings is 3. The van der Waals surface area contributed by atoms with Crippen LogP contribution in [0.15, 0.2) is 83.5 Å². The molecule has 0 radical (unpaired) electrons. The Labute approximate surface area is 182 Å². The first-order chi connectivity index (χ1) is 15.0. The number of esters is 1. The number of para-hydroxylation sites is 1. The standard InChI is InChI=1S/C23H15ClN2O5/c24-19-7-3-2-6-18(19)22-25-20(23(27)31-22)13-16-5-1-4-8-21(16)30-14-15-9-11-17(12-10-15)26(28)29/h1-13H,14H2/b20-13-. The van der Waals surface area contributed by atoms with Gasteiger partial charge in [-0.15, -0.1) is 0 Å². The Morgan fingerprint density at radius 1 is 1.03 bits per heavy atom. The van der Waals surface area contributed by atoms with Crippen LogP contribution in [0.4, 0.5) is 5.69 Å². The van der Waals surface area contributed by atoms with Crippen molar-refractivity contribution < 1.29 is 19.2 Å². The molecule has 3 aromatic rings. The molecule has 1 heterocycles. The average molecular weight is 435 g/mol. The Kier molecular flexibility index (Phi) is 5.77. The van der Waals surface area contributed by atoms with Crippen LogP contribution in [0.3, 0.4) is 0 Å². The highest BCUT2D eigenvalue weighted by molar-refractivity contribution is 6.34. The molecule has 0 N–H and O–H groups in total. The Hall–Kier alpha value is -3.97. The van der Waals surface area contributed by atoms with E-state index < -0.39 is 10.9 Å². The number of nitro groups is 1. The van der Waals surface area contributed by atoms with Gasteiger partial charge in [0.25, 0.3) is 5.69 Å². The van der Waals surface area contributed by atoms with E-state index in [1.54, 1.807) is 60.7 Å². The van der Waals surface area contributed by atoms with Crippen LogP contribution in [0.2, 0.25) is 5.02 Å². The fourth-order valence-corrected chi connectivity index (χ4v) is 3.13. The van der Waals surface area contributed by atoms with E-state index in [-0.39, 0.29) is 23.9 Å². The fraction of sp³-hybridized carbons (Fsp3) is 0.0435. The fourth-order valence-electron chi connectivity index (χ4n) is 2.91. The lowest BCUT2D eigenvalue weighted by molar-refractivity contribution is -0.384. The van der Waals surface area contributed by atoms with Gasteiger partial charge in [0.2, 0.25) is 5.90 Å². The van der Waals surface area contributed by atoms with Crippen LogP contribution in [0.1, 0.15) is 16.7 Å². The van der Waals surface area contributed by atoms with Crippen molar-refractivity contribution in [2.45, 2.75) is 6.61 Å². The second-order valence-corrected chi connectivity index (χ2v) is 6.97. The van der Waals surface area contributed by atoms with Crippen LogP contribution in [0, 0.1) is 10.1 Å². The lowest BCUT2D eigenvalue weighted by atomic mass is 10.1. The molecular weight excluding hydrogens is 420 g/mol. The second-order valence-electron chi connectivity index (χ2n) is 6.57. The van der Waals surface area contributed by atoms with Gasteiger partial charge in [0.05, 0.1) is 15.5 Å². The van der Waals surface area contributed by atoms with E-state index >= 15 is 0 Å². The maximum atomic E-state index is 12.3. The Bertz CT molecular complexity index is 1220. The first kappa shape index (κ1) is 20.3. The summed E-state index contributed by atoms with van der Waals surface area (Å²) in [6.07, 6.45) is 1.58. The van der Waals surface area contributed by atoms with Gasteiger partial charge in [-0.3, -0.25) is 10.1 Å². The van der Waals surface area contributed by atoms with Crippen molar-refractivity contribution in [3.8, 4) is 5.75 Å². The molecule has 0 atom stereocenters. The van der Waals surface area contributed by atoms with Gasteiger partial charge in [-0.1, -0.05) is 41.9 Å². The molecule has 0 aromatic heterocycles. The molecule has 4 rings (SSSR count). The van der Waals surface area contributed by atoms with E-state index in [1.807, 2.05) is 6.07 Å². The minimum Gasteiger partial charge on any atom is -0.488 e. The molecule has 0 unspecified atom stereocenters. The quantitative estimate of drug-likeness (QED) is 0.231. The van der Waals surface area contributed by atoms with E-state index in [9.17, 15) is 14.9 Å². The minimum atomic E-state index is -0.583. The van der Waals surface area contributed by atoms with E-state index in [0.29, 0.717) is 21.9 Å². The van der Waals surface area contributed by atoms with E-state index in [2.05, 4.69) is 4.99 Å². The van der Waals surface area contributed by atoms with Gasteiger partial charge < -0.3 is 9.47 Å². The summed E-state index contributed by atoms with van der Waals surface area (Å²) >= 11 is 6.16. The minimum absolute atomic E-state index is 0.0146. The monoisotopic (exact) mass is 434 g/mol. The number of carbonyl (C=O) groups is 1. The molecule has 1 aliphatic heterocycles. The van der Waals surface area contributed by atoms with Gasteiger partial charge in [-0.2, -0.15) is 0 Å². The predicted octanol–water partition coefficient (Wildman–Crippen LogP) is 5.17. The second kappa shape index (κ2) is 8.81. The molecule has 0 fully saturated rings. The molecule has 3 aromatic carbocycles. The number of halogens is 1. The lowest BCUT2D eigenvalue weighted by Gasteiger charge is -2.09. The Morgan fingerprint density at radius 3 is 2.48 bits per heavy atom. The molecule has 0 aliphatic carbocycles. The summed E-state index contributed by atoms with van der Waals surface area (Å²) in [5, 5.41) is 11.2. The summed E-state index contributed by atoms with van der Waals surface area (Å²) in [5.41, 5.74) is 2.08. The van der Waals surface area contributed by atoms with Crippen LogP contribution in [-0.4, -0.2) is 16.8 Å². The van der Waals surface area contributed by atoms with Gasteiger partial charge >= 0.3 is 5.97 Å². The maximum absolute atomic E-state index is 12.3. The SMILES string of the molecule is O=C1OC(c2ccccc2Cl)=N/C1=C\c1ccccc1OCc1ccc([N+](=O)[O-])cc1. The zero-order valence-electron chi connectivity index (χ0n) is 16.0. The summed E-state index contributed by atoms with van der Waals surface area (Å²) in [6, 6.07) is 20.2. The largest absolute Gasteiger partial charge is 0.488 e. The highest BCUT2D eigenvalue weighted by Crippen LogP contribution is 2.27. The Morgan fingerprint density at radius 2 is 1.74 bits per heavy atom. The zero-order valence-corrected chi connectivity index (χ0v) is 16.8. The molecule has 8 heteroatoms. The average Bonchev–Trinajstić information content (AvgIpc) is 3.13. The molecule has 154 valence electrons. The van der Waals surface area contributed by atoms with Gasteiger partial charge in [-0.05, 0) is 42.0 Å². The molecule has 0 saturated heterocycles. The van der Waals surface area contributed by atoms with Crippen LogP contribution in [-0.2, 0) is 16.1 Å². The number of nitro benzene ring substituents is 1. The number of non-ortho nitro benzene ring substituents is 1. The third-order valence-corrected chi connectivity index (χ3v) is 4.81. The van der Waals surface area contributed by atoms with Crippen LogP contribution < -0.4 is 4.74 Å². The molecule has 0 spiro atoms. The maximum Gasteiger partial charge on any atom is 0.363 e. The molecule has 0 bridgehead atoms. The number of hydrogen-bond donors (Lipinski definition) is 0. The van der Waals surface area contributed by atoms with Gasteiger partial charge in [0.15, 0.2) is 5.70 Å². The molecule has 1 aliphatic rings. The van der Waals surface area contributed by atoms with Crippen LogP contribution >= 0.6 is 11.6 Å². The number of nitrogens with zero attached hydrogens (tertiary/aromatic N) is 2. The van der Waals surface area contributed by atoms with Gasteiger partial charge in [0.1, 0.15) is 12.4 Å². The van der Waals surface area contributed by atoms with Crippen molar-refractivity contribution in [3.05, 3.63) is 110 Å². The third-order valence-electron chi connectivity index (χ3n) is 4.48. The number of ether oxygens (including phenoxy) is 2. The van der Waals surface area contributed by atoms with Crippen molar-refractivity contribution in [2.24, 2.45) is 4.99 Å². The number of carbonyl (C=O) groups excluding carboxylic acids is 1. The highest BCUT2D eigenvalue weighted by atomic mass is 35.5. The van der Waals surface area contributed by atoms with Crippen molar-refractivity contribution >= 4 is 35.2 Å². The smallest absolute Gasteiger partial charge is 0.363 e. The normalized spacial score (nSPS) is 14.3. The van der Waals surface area contributed by atoms with Gasteiger partial charge in [-0.25, -0.2) is 9.79 Å². The molecular formula is C23H15ClN2O5. The summed E-state index contributed by atoms with van der Waals surface area (Å²) in [6.45, 7) is 0.205. The third kappa shape index (κ3) is 4.62. The topological polar surface area (TPSA) is 91.0 Å². The zero-order chi connectivity index (χ0) is 21.8. The van der Waals surface area contributed by atoms with E-state index in [4.69, 9.17) is 21.1 Å².